The average Bonchev–Trinajstić information content (AvgIpc) is 3.14. The fraction of sp³-hybridized carbons (Fsp3) is 0.333. The molecule has 1 aliphatic rings. The third kappa shape index (κ3) is 5.11. The van der Waals surface area contributed by atoms with Gasteiger partial charge in [-0.05, 0) is 49.2 Å². The lowest BCUT2D eigenvalue weighted by molar-refractivity contribution is 0.0616. The molecule has 3 aromatic rings. The van der Waals surface area contributed by atoms with Crippen molar-refractivity contribution >= 4 is 17.5 Å². The first-order valence-corrected chi connectivity index (χ1v) is 10.9. The second kappa shape index (κ2) is 9.71. The molecule has 0 atom stereocenters. The normalized spacial score (nSPS) is 14.6. The van der Waals surface area contributed by atoms with Gasteiger partial charge >= 0.3 is 0 Å². The van der Waals surface area contributed by atoms with E-state index < -0.39 is 0 Å². The molecule has 1 amide bonds. The summed E-state index contributed by atoms with van der Waals surface area (Å²) in [4.78, 5) is 17.1. The van der Waals surface area contributed by atoms with E-state index >= 15 is 0 Å². The molecular formula is C24H25ClFN3O3. The third-order valence-electron chi connectivity index (χ3n) is 5.63. The van der Waals surface area contributed by atoms with Gasteiger partial charge in [0.15, 0.2) is 5.69 Å². The fourth-order valence-electron chi connectivity index (χ4n) is 3.74. The first kappa shape index (κ1) is 22.3. The predicted molar refractivity (Wildman–Crippen MR) is 119 cm³/mol. The SMILES string of the molecule is Cc1cccc(OCc2c(C(=O)N3CCN(Cc4ccc(F)cc4Cl)CC3)noc2C)c1. The maximum Gasteiger partial charge on any atom is 0.276 e. The molecule has 8 heteroatoms. The highest BCUT2D eigenvalue weighted by atomic mass is 35.5. The highest BCUT2D eigenvalue weighted by Crippen LogP contribution is 2.22. The Bertz CT molecular complexity index is 1110. The van der Waals surface area contributed by atoms with Crippen LogP contribution in [0.3, 0.4) is 0 Å². The van der Waals surface area contributed by atoms with Crippen LogP contribution in [0.5, 0.6) is 5.75 Å². The molecule has 0 bridgehead atoms. The monoisotopic (exact) mass is 457 g/mol. The van der Waals surface area contributed by atoms with Crippen LogP contribution in [0.25, 0.3) is 0 Å². The van der Waals surface area contributed by atoms with Gasteiger partial charge in [-0.1, -0.05) is 35.0 Å². The minimum absolute atomic E-state index is 0.163. The fourth-order valence-corrected chi connectivity index (χ4v) is 3.97. The Hall–Kier alpha value is -2.90. The summed E-state index contributed by atoms with van der Waals surface area (Å²) >= 11 is 6.15. The molecule has 0 unspecified atom stereocenters. The van der Waals surface area contributed by atoms with Crippen molar-refractivity contribution in [2.45, 2.75) is 27.0 Å². The van der Waals surface area contributed by atoms with Crippen LogP contribution in [0.2, 0.25) is 5.02 Å². The van der Waals surface area contributed by atoms with Gasteiger partial charge in [0.1, 0.15) is 23.9 Å². The lowest BCUT2D eigenvalue weighted by atomic mass is 10.1. The Balaban J connectivity index is 1.37. The van der Waals surface area contributed by atoms with Crippen LogP contribution in [0, 0.1) is 19.7 Å². The number of carbonyl (C=O) groups excluding carboxylic acids is 1. The van der Waals surface area contributed by atoms with Crippen LogP contribution in [0.4, 0.5) is 4.39 Å². The Labute approximate surface area is 191 Å². The molecule has 0 radical (unpaired) electrons. The minimum atomic E-state index is -0.348. The molecule has 0 N–H and O–H groups in total. The number of hydrogen-bond acceptors (Lipinski definition) is 5. The molecule has 0 saturated carbocycles. The number of benzene rings is 2. The van der Waals surface area contributed by atoms with E-state index in [1.807, 2.05) is 31.2 Å². The Morgan fingerprint density at radius 1 is 1.16 bits per heavy atom. The van der Waals surface area contributed by atoms with Gasteiger partial charge in [0.05, 0.1) is 5.56 Å². The van der Waals surface area contributed by atoms with Crippen molar-refractivity contribution in [3.05, 3.63) is 81.4 Å². The molecule has 4 rings (SSSR count). The van der Waals surface area contributed by atoms with E-state index in [9.17, 15) is 9.18 Å². The van der Waals surface area contributed by atoms with Gasteiger partial charge in [-0.25, -0.2) is 4.39 Å². The van der Waals surface area contributed by atoms with Crippen LogP contribution in [0.1, 0.15) is 32.9 Å². The maximum absolute atomic E-state index is 13.3. The summed E-state index contributed by atoms with van der Waals surface area (Å²) in [6, 6.07) is 12.2. The smallest absolute Gasteiger partial charge is 0.276 e. The number of piperazine rings is 1. The first-order chi connectivity index (χ1) is 15.4. The summed E-state index contributed by atoms with van der Waals surface area (Å²) in [5, 5.41) is 4.43. The van der Waals surface area contributed by atoms with Gasteiger partial charge in [0, 0.05) is 37.7 Å². The Kier molecular flexibility index (Phi) is 6.77. The summed E-state index contributed by atoms with van der Waals surface area (Å²) in [5.41, 5.74) is 2.93. The summed E-state index contributed by atoms with van der Waals surface area (Å²) < 4.78 is 24.5. The average molecular weight is 458 g/mol. The number of halogens is 2. The van der Waals surface area contributed by atoms with Crippen LogP contribution in [0.15, 0.2) is 47.0 Å². The molecule has 2 aromatic carbocycles. The number of rotatable bonds is 6. The zero-order valence-electron chi connectivity index (χ0n) is 18.1. The van der Waals surface area contributed by atoms with Crippen molar-refractivity contribution in [3.63, 3.8) is 0 Å². The summed E-state index contributed by atoms with van der Waals surface area (Å²) in [7, 11) is 0. The molecule has 2 heterocycles. The van der Waals surface area contributed by atoms with Crippen molar-refractivity contribution in [1.29, 1.82) is 0 Å². The molecule has 1 saturated heterocycles. The Morgan fingerprint density at radius 3 is 2.66 bits per heavy atom. The number of amides is 1. The second-order valence-corrected chi connectivity index (χ2v) is 8.38. The number of aryl methyl sites for hydroxylation is 2. The van der Waals surface area contributed by atoms with Gasteiger partial charge in [-0.3, -0.25) is 9.69 Å². The zero-order valence-corrected chi connectivity index (χ0v) is 18.9. The summed E-state index contributed by atoms with van der Waals surface area (Å²) in [6.07, 6.45) is 0. The molecule has 1 aliphatic heterocycles. The number of nitrogens with zero attached hydrogens (tertiary/aromatic N) is 3. The molecular weight excluding hydrogens is 433 g/mol. The first-order valence-electron chi connectivity index (χ1n) is 10.5. The van der Waals surface area contributed by atoms with Crippen LogP contribution >= 0.6 is 11.6 Å². The molecule has 1 fully saturated rings. The second-order valence-electron chi connectivity index (χ2n) is 7.98. The summed E-state index contributed by atoms with van der Waals surface area (Å²) in [5.74, 6) is 0.797. The molecule has 6 nitrogen and oxygen atoms in total. The minimum Gasteiger partial charge on any atom is -0.489 e. The molecule has 1 aromatic heterocycles. The van der Waals surface area contributed by atoms with Crippen LogP contribution in [-0.2, 0) is 13.2 Å². The van der Waals surface area contributed by atoms with Gasteiger partial charge in [-0.2, -0.15) is 0 Å². The topological polar surface area (TPSA) is 58.8 Å². The standard InChI is InChI=1S/C24H25ClFN3O3/c1-16-4-3-5-20(12-16)31-15-21-17(2)32-27-23(21)24(30)29-10-8-28(9-11-29)14-18-6-7-19(26)13-22(18)25/h3-7,12-13H,8-11,14-15H2,1-2H3. The van der Waals surface area contributed by atoms with E-state index in [0.717, 1.165) is 16.9 Å². The van der Waals surface area contributed by atoms with Gasteiger partial charge in [0.25, 0.3) is 5.91 Å². The van der Waals surface area contributed by atoms with Crippen molar-refractivity contribution in [3.8, 4) is 5.75 Å². The van der Waals surface area contributed by atoms with E-state index in [4.69, 9.17) is 20.9 Å². The van der Waals surface area contributed by atoms with E-state index in [1.54, 1.807) is 17.9 Å². The van der Waals surface area contributed by atoms with Gasteiger partial charge in [-0.15, -0.1) is 0 Å². The van der Waals surface area contributed by atoms with E-state index in [0.29, 0.717) is 54.8 Å². The van der Waals surface area contributed by atoms with Gasteiger partial charge < -0.3 is 14.2 Å². The van der Waals surface area contributed by atoms with Gasteiger partial charge in [0.2, 0.25) is 0 Å². The summed E-state index contributed by atoms with van der Waals surface area (Å²) in [6.45, 7) is 7.09. The lowest BCUT2D eigenvalue weighted by Crippen LogP contribution is -2.48. The van der Waals surface area contributed by atoms with Crippen LogP contribution < -0.4 is 4.74 Å². The number of aromatic nitrogens is 1. The van der Waals surface area contributed by atoms with Crippen molar-refractivity contribution in [2.75, 3.05) is 26.2 Å². The molecule has 32 heavy (non-hydrogen) atoms. The van der Waals surface area contributed by atoms with Crippen molar-refractivity contribution < 1.29 is 18.4 Å². The Morgan fingerprint density at radius 2 is 1.94 bits per heavy atom. The van der Waals surface area contributed by atoms with Crippen LogP contribution in [-0.4, -0.2) is 47.0 Å². The van der Waals surface area contributed by atoms with E-state index in [2.05, 4.69) is 10.1 Å². The quantitative estimate of drug-likeness (QED) is 0.540. The lowest BCUT2D eigenvalue weighted by Gasteiger charge is -2.34. The molecule has 168 valence electrons. The van der Waals surface area contributed by atoms with E-state index in [-0.39, 0.29) is 18.3 Å². The zero-order chi connectivity index (χ0) is 22.7. The molecule has 0 aliphatic carbocycles. The van der Waals surface area contributed by atoms with Crippen molar-refractivity contribution in [2.24, 2.45) is 0 Å². The number of carbonyl (C=O) groups is 1. The number of ether oxygens (including phenoxy) is 1. The van der Waals surface area contributed by atoms with Crippen molar-refractivity contribution in [1.82, 2.24) is 15.0 Å². The highest BCUT2D eigenvalue weighted by Gasteiger charge is 2.28. The number of hydrogen-bond donors (Lipinski definition) is 0. The highest BCUT2D eigenvalue weighted by molar-refractivity contribution is 6.31. The molecule has 0 spiro atoms. The predicted octanol–water partition coefficient (Wildman–Crippen LogP) is 4.62. The maximum atomic E-state index is 13.3. The largest absolute Gasteiger partial charge is 0.489 e. The van der Waals surface area contributed by atoms with E-state index in [1.165, 1.54) is 12.1 Å². The third-order valence-corrected chi connectivity index (χ3v) is 5.98.